The molecule has 0 bridgehead atoms. The number of fused-ring (bicyclic) bond motifs is 3. The van der Waals surface area contributed by atoms with Crippen LogP contribution < -0.4 is 28.4 Å². The minimum atomic E-state index is -1.50. The van der Waals surface area contributed by atoms with Crippen LogP contribution in [0, 0.1) is 13.8 Å². The van der Waals surface area contributed by atoms with Crippen molar-refractivity contribution in [3.05, 3.63) is 281 Å². The molecule has 16 atom stereocenters. The highest BCUT2D eigenvalue weighted by Crippen LogP contribution is 2.48. The van der Waals surface area contributed by atoms with Gasteiger partial charge in [0.2, 0.25) is 0 Å². The Bertz CT molecular complexity index is 4750. The first kappa shape index (κ1) is 78.1. The fourth-order valence-electron chi connectivity index (χ4n) is 16.2. The predicted octanol–water partition coefficient (Wildman–Crippen LogP) is 13.3. The number of hydrogen-bond donors (Lipinski definition) is 8. The molecule has 3 fully saturated rings. The van der Waals surface area contributed by atoms with E-state index in [1.165, 1.54) is 11.1 Å². The summed E-state index contributed by atoms with van der Waals surface area (Å²) in [4.78, 5) is 0. The molecule has 0 spiro atoms. The Morgan fingerprint density at radius 1 is 0.414 bits per heavy atom. The van der Waals surface area contributed by atoms with E-state index in [0.717, 1.165) is 90.2 Å². The molecule has 111 heavy (non-hydrogen) atoms. The monoisotopic (exact) mass is 1550 g/mol. The van der Waals surface area contributed by atoms with Crippen molar-refractivity contribution < 1.29 is 93.0 Å². The first-order valence-corrected chi connectivity index (χ1v) is 38.9. The van der Waals surface area contributed by atoms with Gasteiger partial charge >= 0.3 is 0 Å². The smallest absolute Gasteiger partial charge is 0.137 e. The lowest BCUT2D eigenvalue weighted by Crippen LogP contribution is -2.55. The molecule has 3 saturated heterocycles. The molecule has 15 rings (SSSR count). The Morgan fingerprint density at radius 2 is 0.856 bits per heavy atom. The van der Waals surface area contributed by atoms with Gasteiger partial charge in [0.25, 0.3) is 0 Å². The number of benzene rings is 9. The Balaban J connectivity index is 0.526. The first-order chi connectivity index (χ1) is 53.3. The Morgan fingerprint density at radius 3 is 1.37 bits per heavy atom. The Hall–Kier alpha value is -8.16. The number of aliphatic hydroxyl groups excluding tert-OH is 8. The van der Waals surface area contributed by atoms with E-state index in [-0.39, 0.29) is 45.4 Å². The van der Waals surface area contributed by atoms with Crippen LogP contribution in [0.25, 0.3) is 0 Å². The van der Waals surface area contributed by atoms with E-state index < -0.39 is 109 Å². The van der Waals surface area contributed by atoms with Crippen LogP contribution in [0.4, 0.5) is 0 Å². The molecule has 8 N–H and O–H groups in total. The summed E-state index contributed by atoms with van der Waals surface area (Å²) in [5.41, 5.74) is 14.0. The summed E-state index contributed by atoms with van der Waals surface area (Å²) < 4.78 is 69.8. The summed E-state index contributed by atoms with van der Waals surface area (Å²) in [6, 6.07) is 58.4. The number of aliphatic hydroxyl groups is 8. The van der Waals surface area contributed by atoms with Crippen molar-refractivity contribution in [2.45, 2.75) is 189 Å². The Kier molecular flexibility index (Phi) is 23.3. The molecule has 1 unspecified atom stereocenters. The summed E-state index contributed by atoms with van der Waals surface area (Å²) >= 11 is 13.6. The SMILES string of the molecule is Cc1ccc2c(c1)CC(COc1ccc(Cc3cc([C@@H]4O[C@H](COc5ccc6c(c5)[C@H](COc5ccc(Cc7cc([C@H]8C[C@@H](O)[C@H](O)[C@@H](COc9ccc%10c(c9)[C@@H](COc9ccc(Cc%11cc([C@H]%12C[C@@H](O)[C@H](O)[C@@H](CO)O%12)ccc%11Cl)cc9)OC%10(C)C)O8)ccc7Cl)cc5)OC6(C)C)[C@@H](O)[C@H](O)[C@H]4O)ccc3C)cc1)O2. The highest BCUT2D eigenvalue weighted by molar-refractivity contribution is 6.31. The molecule has 0 amide bonds. The summed E-state index contributed by atoms with van der Waals surface area (Å²) in [6.07, 6.45) is -11.8. The average Bonchev–Trinajstić information content (AvgIpc) is 1.68. The maximum absolute atomic E-state index is 11.4. The van der Waals surface area contributed by atoms with E-state index in [2.05, 4.69) is 19.1 Å². The van der Waals surface area contributed by atoms with E-state index >= 15 is 0 Å². The standard InChI is InChI=1S/C90H96Cl2O19/c1-49-7-30-75-60(31-49)38-66(106-75)44-101-61-18-9-51(10-19-61)32-57-37-56(15-8-50(57)2)88-87(100)86(99)85(98)82(109-88)48-105-65-25-27-70-68(40-65)80(111-90(70,5)6)46-103-63-22-13-53(14-23-63)34-59-36-55(17-29-72(59)92)77-42-74(95)84(97)81(108-77)47-104-64-24-26-69-67(39-64)79(110-89(69,3)4)45-102-62-20-11-52(12-21-62)33-58-35-54(16-28-71(58)91)76-41-73(94)83(96)78(43-93)107-76/h7-31,35-37,39-40,66,73-74,76-88,93-100H,32-34,38,41-48H2,1-6H3/t66?,73-,74-,76-,77-,78-,79-,80+,81-,82-,83+,84+,85-,86+,87-,88+/m1/s1. The van der Waals surface area contributed by atoms with Crippen LogP contribution in [0.15, 0.2) is 182 Å². The van der Waals surface area contributed by atoms with Gasteiger partial charge in [-0.2, -0.15) is 0 Å². The summed E-state index contributed by atoms with van der Waals surface area (Å²) in [5, 5.41) is 88.1. The van der Waals surface area contributed by atoms with Gasteiger partial charge in [-0.05, 0) is 223 Å². The molecule has 19 nitrogen and oxygen atoms in total. The van der Waals surface area contributed by atoms with Crippen LogP contribution in [0.5, 0.6) is 34.5 Å². The molecule has 6 aliphatic rings. The molecular formula is C90H96Cl2O19. The highest BCUT2D eigenvalue weighted by atomic mass is 35.5. The molecule has 0 aromatic heterocycles. The van der Waals surface area contributed by atoms with Gasteiger partial charge in [-0.25, -0.2) is 0 Å². The van der Waals surface area contributed by atoms with E-state index in [1.54, 1.807) is 6.07 Å². The summed E-state index contributed by atoms with van der Waals surface area (Å²) in [5.74, 6) is 4.00. The van der Waals surface area contributed by atoms with Gasteiger partial charge in [0.1, 0.15) is 141 Å². The molecule has 0 radical (unpaired) electrons. The van der Waals surface area contributed by atoms with E-state index in [9.17, 15) is 40.9 Å². The van der Waals surface area contributed by atoms with Gasteiger partial charge < -0.3 is 93.0 Å². The van der Waals surface area contributed by atoms with Gasteiger partial charge in [-0.1, -0.05) is 132 Å². The van der Waals surface area contributed by atoms with Crippen molar-refractivity contribution in [3.63, 3.8) is 0 Å². The molecule has 6 aliphatic heterocycles. The summed E-state index contributed by atoms with van der Waals surface area (Å²) in [6.45, 7) is 12.4. The molecule has 6 heterocycles. The molecule has 584 valence electrons. The topological polar surface area (TPSA) is 263 Å². The fraction of sp³-hybridized carbons (Fsp3) is 0.400. The van der Waals surface area contributed by atoms with Gasteiger partial charge in [0, 0.05) is 29.3 Å². The average molecular weight is 1550 g/mol. The zero-order valence-electron chi connectivity index (χ0n) is 62.9. The number of ether oxygens (including phenoxy) is 11. The van der Waals surface area contributed by atoms with Crippen LogP contribution in [0.2, 0.25) is 10.0 Å². The highest BCUT2D eigenvalue weighted by Gasteiger charge is 2.46. The van der Waals surface area contributed by atoms with Crippen molar-refractivity contribution in [2.75, 3.05) is 39.6 Å². The zero-order chi connectivity index (χ0) is 77.6. The van der Waals surface area contributed by atoms with Crippen LogP contribution in [0.1, 0.15) is 160 Å². The third-order valence-electron chi connectivity index (χ3n) is 22.5. The van der Waals surface area contributed by atoms with Crippen LogP contribution >= 0.6 is 23.2 Å². The van der Waals surface area contributed by atoms with Gasteiger partial charge in [0.05, 0.1) is 42.2 Å². The molecule has 0 saturated carbocycles. The molecule has 21 heteroatoms. The van der Waals surface area contributed by atoms with Gasteiger partial charge in [-0.3, -0.25) is 0 Å². The second kappa shape index (κ2) is 33.1. The number of aryl methyl sites for hydroxylation is 2. The maximum Gasteiger partial charge on any atom is 0.137 e. The second-order valence-electron chi connectivity index (χ2n) is 31.4. The van der Waals surface area contributed by atoms with E-state index in [1.807, 2.05) is 198 Å². The predicted molar refractivity (Wildman–Crippen MR) is 416 cm³/mol. The first-order valence-electron chi connectivity index (χ1n) is 38.2. The lowest BCUT2D eigenvalue weighted by molar-refractivity contribution is -0.230. The van der Waals surface area contributed by atoms with Crippen molar-refractivity contribution in [2.24, 2.45) is 0 Å². The Labute approximate surface area is 656 Å². The van der Waals surface area contributed by atoms with Crippen molar-refractivity contribution >= 4 is 23.2 Å². The largest absolute Gasteiger partial charge is 0.491 e. The van der Waals surface area contributed by atoms with Crippen molar-refractivity contribution in [1.82, 2.24) is 0 Å². The molecule has 9 aromatic carbocycles. The number of halogens is 2. The van der Waals surface area contributed by atoms with Crippen LogP contribution in [-0.2, 0) is 60.6 Å². The maximum atomic E-state index is 11.4. The lowest BCUT2D eigenvalue weighted by Gasteiger charge is -2.40. The van der Waals surface area contributed by atoms with E-state index in [0.29, 0.717) is 64.5 Å². The van der Waals surface area contributed by atoms with Crippen molar-refractivity contribution in [3.8, 4) is 34.5 Å². The quantitative estimate of drug-likeness (QED) is 0.0264. The minimum Gasteiger partial charge on any atom is -0.491 e. The molecule has 0 aliphatic carbocycles. The fourth-order valence-corrected chi connectivity index (χ4v) is 16.6. The normalized spacial score (nSPS) is 27.0. The van der Waals surface area contributed by atoms with E-state index in [4.69, 9.17) is 75.3 Å². The zero-order valence-corrected chi connectivity index (χ0v) is 64.4. The molecular weight excluding hydrogens is 1460 g/mol. The third kappa shape index (κ3) is 17.5. The number of hydrogen-bond acceptors (Lipinski definition) is 19. The van der Waals surface area contributed by atoms with Crippen LogP contribution in [0.3, 0.4) is 0 Å². The van der Waals surface area contributed by atoms with Gasteiger partial charge in [0.15, 0.2) is 0 Å². The lowest BCUT2D eigenvalue weighted by atomic mass is 9.89. The molecule has 9 aromatic rings. The number of rotatable bonds is 25. The van der Waals surface area contributed by atoms with Gasteiger partial charge in [-0.15, -0.1) is 0 Å². The minimum absolute atomic E-state index is 0.0436. The van der Waals surface area contributed by atoms with Crippen LogP contribution in [-0.4, -0.2) is 148 Å². The second-order valence-corrected chi connectivity index (χ2v) is 32.2. The third-order valence-corrected chi connectivity index (χ3v) is 23.2. The van der Waals surface area contributed by atoms with Crippen molar-refractivity contribution in [1.29, 1.82) is 0 Å². The summed E-state index contributed by atoms with van der Waals surface area (Å²) in [7, 11) is 0.